The summed E-state index contributed by atoms with van der Waals surface area (Å²) in [4.78, 5) is 13.1. The van der Waals surface area contributed by atoms with Gasteiger partial charge in [-0.25, -0.2) is 4.79 Å². The highest BCUT2D eigenvalue weighted by Crippen LogP contribution is 2.26. The van der Waals surface area contributed by atoms with Crippen molar-refractivity contribution in [2.45, 2.75) is 32.8 Å². The molecule has 2 heterocycles. The molecule has 3 rings (SSSR count). The molecule has 124 valence electrons. The molecule has 0 saturated carbocycles. The Morgan fingerprint density at radius 1 is 1.12 bits per heavy atom. The number of nitrogens with zero attached hydrogens (tertiary/aromatic N) is 2. The summed E-state index contributed by atoms with van der Waals surface area (Å²) in [6.45, 7) is 5.93. The van der Waals surface area contributed by atoms with Crippen molar-refractivity contribution >= 4 is 17.3 Å². The zero-order valence-corrected chi connectivity index (χ0v) is 14.5. The van der Waals surface area contributed by atoms with Crippen molar-refractivity contribution in [3.8, 4) is 10.8 Å². The molecular formula is C18H18N2O3S. The number of benzene rings is 1. The molecule has 0 aliphatic carbocycles. The highest BCUT2D eigenvalue weighted by Gasteiger charge is 2.20. The molecule has 0 radical (unpaired) electrons. The SMILES string of the molecule is CC(C)c1ccc(C(=O)O[C@@H](C)c2nnc(-c3cccs3)o2)cc1. The lowest BCUT2D eigenvalue weighted by Crippen LogP contribution is -2.09. The van der Waals surface area contributed by atoms with Gasteiger partial charge in [-0.2, -0.15) is 0 Å². The average Bonchev–Trinajstić information content (AvgIpc) is 3.26. The van der Waals surface area contributed by atoms with E-state index in [0.717, 1.165) is 4.88 Å². The van der Waals surface area contributed by atoms with Crippen molar-refractivity contribution in [2.75, 3.05) is 0 Å². The molecule has 0 bridgehead atoms. The number of aromatic nitrogens is 2. The molecule has 0 fully saturated rings. The molecule has 1 aromatic carbocycles. The lowest BCUT2D eigenvalue weighted by Gasteiger charge is -2.10. The molecule has 2 aromatic heterocycles. The van der Waals surface area contributed by atoms with Gasteiger partial charge < -0.3 is 9.15 Å². The zero-order chi connectivity index (χ0) is 17.1. The van der Waals surface area contributed by atoms with Crippen molar-refractivity contribution in [1.82, 2.24) is 10.2 Å². The van der Waals surface area contributed by atoms with E-state index in [0.29, 0.717) is 17.4 Å². The number of thiophene rings is 1. The molecule has 5 nitrogen and oxygen atoms in total. The summed E-state index contributed by atoms with van der Waals surface area (Å²) in [6, 6.07) is 11.2. The van der Waals surface area contributed by atoms with E-state index >= 15 is 0 Å². The number of hydrogen-bond donors (Lipinski definition) is 0. The van der Waals surface area contributed by atoms with Crippen LogP contribution in [0.3, 0.4) is 0 Å². The maximum atomic E-state index is 12.2. The summed E-state index contributed by atoms with van der Waals surface area (Å²) < 4.78 is 11.0. The summed E-state index contributed by atoms with van der Waals surface area (Å²) in [5.41, 5.74) is 1.68. The smallest absolute Gasteiger partial charge is 0.338 e. The Bertz CT molecular complexity index is 807. The summed E-state index contributed by atoms with van der Waals surface area (Å²) in [6.07, 6.45) is -0.608. The molecule has 0 amide bonds. The van der Waals surface area contributed by atoms with Gasteiger partial charge in [-0.05, 0) is 42.0 Å². The van der Waals surface area contributed by atoms with Gasteiger partial charge in [0.25, 0.3) is 11.8 Å². The van der Waals surface area contributed by atoms with Crippen LogP contribution in [0.2, 0.25) is 0 Å². The van der Waals surface area contributed by atoms with Gasteiger partial charge in [0.05, 0.1) is 10.4 Å². The number of carbonyl (C=O) groups excluding carboxylic acids is 1. The van der Waals surface area contributed by atoms with Gasteiger partial charge in [0.2, 0.25) is 0 Å². The van der Waals surface area contributed by atoms with Crippen LogP contribution in [0, 0.1) is 0 Å². The summed E-state index contributed by atoms with van der Waals surface area (Å²) in [7, 11) is 0. The first-order valence-corrected chi connectivity index (χ1v) is 8.61. The van der Waals surface area contributed by atoms with Crippen LogP contribution in [0.5, 0.6) is 0 Å². The molecule has 0 saturated heterocycles. The van der Waals surface area contributed by atoms with Crippen LogP contribution < -0.4 is 0 Å². The maximum absolute atomic E-state index is 12.2. The van der Waals surface area contributed by atoms with Crippen LogP contribution in [0.4, 0.5) is 0 Å². The number of carbonyl (C=O) groups is 1. The van der Waals surface area contributed by atoms with Crippen molar-refractivity contribution in [3.05, 3.63) is 58.8 Å². The van der Waals surface area contributed by atoms with Crippen LogP contribution in [-0.4, -0.2) is 16.2 Å². The van der Waals surface area contributed by atoms with Crippen molar-refractivity contribution < 1.29 is 13.9 Å². The topological polar surface area (TPSA) is 65.2 Å². The molecule has 24 heavy (non-hydrogen) atoms. The first kappa shape index (κ1) is 16.4. The summed E-state index contributed by atoms with van der Waals surface area (Å²) >= 11 is 1.51. The second-order valence-corrected chi connectivity index (χ2v) is 6.69. The zero-order valence-electron chi connectivity index (χ0n) is 13.7. The molecule has 3 aromatic rings. The highest BCUT2D eigenvalue weighted by atomic mass is 32.1. The van der Waals surface area contributed by atoms with Gasteiger partial charge in [-0.3, -0.25) is 0 Å². The summed E-state index contributed by atoms with van der Waals surface area (Å²) in [5, 5.41) is 9.90. The van der Waals surface area contributed by atoms with E-state index < -0.39 is 12.1 Å². The Morgan fingerprint density at radius 3 is 2.50 bits per heavy atom. The summed E-state index contributed by atoms with van der Waals surface area (Å²) in [5.74, 6) is 0.728. The minimum atomic E-state index is -0.608. The Kier molecular flexibility index (Phi) is 4.76. The van der Waals surface area contributed by atoms with Crippen LogP contribution in [0.1, 0.15) is 54.6 Å². The third kappa shape index (κ3) is 3.54. The monoisotopic (exact) mass is 342 g/mol. The fraction of sp³-hybridized carbons (Fsp3) is 0.278. The lowest BCUT2D eigenvalue weighted by atomic mass is 10.0. The van der Waals surface area contributed by atoms with E-state index in [1.807, 2.05) is 29.6 Å². The fourth-order valence-electron chi connectivity index (χ4n) is 2.18. The second-order valence-electron chi connectivity index (χ2n) is 5.75. The Morgan fingerprint density at radius 2 is 1.88 bits per heavy atom. The van der Waals surface area contributed by atoms with Crippen LogP contribution in [0.25, 0.3) is 10.8 Å². The molecule has 0 unspecified atom stereocenters. The van der Waals surface area contributed by atoms with E-state index in [4.69, 9.17) is 9.15 Å². The van der Waals surface area contributed by atoms with E-state index in [1.165, 1.54) is 16.9 Å². The van der Waals surface area contributed by atoms with Crippen LogP contribution in [-0.2, 0) is 4.74 Å². The molecule has 0 aliphatic heterocycles. The molecule has 0 spiro atoms. The number of ether oxygens (including phenoxy) is 1. The van der Waals surface area contributed by atoms with E-state index in [1.54, 1.807) is 19.1 Å². The largest absolute Gasteiger partial charge is 0.449 e. The van der Waals surface area contributed by atoms with Crippen LogP contribution >= 0.6 is 11.3 Å². The molecular weight excluding hydrogens is 324 g/mol. The van der Waals surface area contributed by atoms with Gasteiger partial charge in [0.1, 0.15) is 0 Å². The predicted octanol–water partition coefficient (Wildman–Crippen LogP) is 4.84. The first-order valence-electron chi connectivity index (χ1n) is 7.73. The Hall–Kier alpha value is -2.47. The third-order valence-corrected chi connectivity index (χ3v) is 4.48. The molecule has 0 N–H and O–H groups in total. The van der Waals surface area contributed by atoms with Gasteiger partial charge in [-0.15, -0.1) is 21.5 Å². The lowest BCUT2D eigenvalue weighted by molar-refractivity contribution is 0.0280. The van der Waals surface area contributed by atoms with Gasteiger partial charge in [-0.1, -0.05) is 32.0 Å². The van der Waals surface area contributed by atoms with Gasteiger partial charge in [0.15, 0.2) is 6.10 Å². The fourth-order valence-corrected chi connectivity index (χ4v) is 2.83. The van der Waals surface area contributed by atoms with Gasteiger partial charge in [0, 0.05) is 0 Å². The Labute approximate surface area is 144 Å². The van der Waals surface area contributed by atoms with Crippen molar-refractivity contribution in [1.29, 1.82) is 0 Å². The predicted molar refractivity (Wildman–Crippen MR) is 92.0 cm³/mol. The van der Waals surface area contributed by atoms with E-state index in [2.05, 4.69) is 24.0 Å². The maximum Gasteiger partial charge on any atom is 0.338 e. The van der Waals surface area contributed by atoms with E-state index in [-0.39, 0.29) is 5.89 Å². The van der Waals surface area contributed by atoms with Gasteiger partial charge >= 0.3 is 5.97 Å². The molecule has 1 atom stereocenters. The minimum Gasteiger partial charge on any atom is -0.449 e. The highest BCUT2D eigenvalue weighted by molar-refractivity contribution is 7.13. The number of rotatable bonds is 5. The van der Waals surface area contributed by atoms with Crippen molar-refractivity contribution in [2.24, 2.45) is 0 Å². The minimum absolute atomic E-state index is 0.283. The second kappa shape index (κ2) is 6.97. The van der Waals surface area contributed by atoms with Crippen molar-refractivity contribution in [3.63, 3.8) is 0 Å². The molecule has 0 aliphatic rings. The van der Waals surface area contributed by atoms with E-state index in [9.17, 15) is 4.79 Å². The average molecular weight is 342 g/mol. The standard InChI is InChI=1S/C18H18N2O3S/c1-11(2)13-6-8-14(9-7-13)18(21)22-12(3)16-19-20-17(23-16)15-5-4-10-24-15/h4-12H,1-3H3/t12-/m0/s1. The quantitative estimate of drug-likeness (QED) is 0.621. The Balaban J connectivity index is 1.68. The molecule has 6 heteroatoms. The number of hydrogen-bond acceptors (Lipinski definition) is 6. The number of esters is 1. The third-order valence-electron chi connectivity index (χ3n) is 3.62. The first-order chi connectivity index (χ1) is 11.5. The normalized spacial score (nSPS) is 12.3. The van der Waals surface area contributed by atoms with Crippen LogP contribution in [0.15, 0.2) is 46.2 Å².